The van der Waals surface area contributed by atoms with Gasteiger partial charge in [0.15, 0.2) is 0 Å². The van der Waals surface area contributed by atoms with Gasteiger partial charge in [0, 0.05) is 11.4 Å². The summed E-state index contributed by atoms with van der Waals surface area (Å²) >= 11 is 2.98. The summed E-state index contributed by atoms with van der Waals surface area (Å²) in [6.07, 6.45) is 0. The Labute approximate surface area is 159 Å². The molecule has 134 valence electrons. The fraction of sp³-hybridized carbons (Fsp3) is 0.211. The molecule has 1 amide bonds. The zero-order valence-electron chi connectivity index (χ0n) is 14.5. The van der Waals surface area contributed by atoms with Gasteiger partial charge in [0.1, 0.15) is 10.8 Å². The lowest BCUT2D eigenvalue weighted by molar-refractivity contribution is 0.0950. The minimum Gasteiger partial charge on any atom is -0.346 e. The van der Waals surface area contributed by atoms with Crippen molar-refractivity contribution in [3.05, 3.63) is 75.0 Å². The second kappa shape index (κ2) is 8.42. The van der Waals surface area contributed by atoms with Crippen molar-refractivity contribution in [2.24, 2.45) is 0 Å². The van der Waals surface area contributed by atoms with E-state index in [1.807, 2.05) is 0 Å². The molecule has 0 radical (unpaired) electrons. The summed E-state index contributed by atoms with van der Waals surface area (Å²) in [6.45, 7) is 4.47. The maximum atomic E-state index is 12.9. The van der Waals surface area contributed by atoms with Crippen LogP contribution < -0.4 is 5.32 Å². The van der Waals surface area contributed by atoms with Crippen LogP contribution in [0.1, 0.15) is 31.5 Å². The Bertz CT molecular complexity index is 909. The number of benzene rings is 2. The maximum Gasteiger partial charge on any atom is 0.282 e. The average Bonchev–Trinajstić information content (AvgIpc) is 3.11. The first-order chi connectivity index (χ1) is 12.5. The summed E-state index contributed by atoms with van der Waals surface area (Å²) in [4.78, 5) is 13.4. The van der Waals surface area contributed by atoms with Crippen molar-refractivity contribution in [2.75, 3.05) is 0 Å². The van der Waals surface area contributed by atoms with Crippen molar-refractivity contribution in [3.63, 3.8) is 0 Å². The van der Waals surface area contributed by atoms with Gasteiger partial charge in [-0.2, -0.15) is 0 Å². The van der Waals surface area contributed by atoms with Gasteiger partial charge in [0.05, 0.1) is 5.75 Å². The van der Waals surface area contributed by atoms with Crippen LogP contribution in [0.2, 0.25) is 0 Å². The first-order valence-electron chi connectivity index (χ1n) is 8.06. The third-order valence-electron chi connectivity index (χ3n) is 3.72. The molecule has 0 atom stereocenters. The van der Waals surface area contributed by atoms with Crippen LogP contribution in [0.5, 0.6) is 0 Å². The summed E-state index contributed by atoms with van der Waals surface area (Å²) in [5.74, 6) is 0.109. The third-order valence-corrected chi connectivity index (χ3v) is 6.00. The van der Waals surface area contributed by atoms with Crippen molar-refractivity contribution < 1.29 is 9.18 Å². The molecule has 1 heterocycles. The fourth-order valence-electron chi connectivity index (χ4n) is 2.27. The predicted octanol–water partition coefficient (Wildman–Crippen LogP) is 4.52. The second-order valence-electron chi connectivity index (χ2n) is 5.87. The molecule has 2 aromatic carbocycles. The lowest BCUT2D eigenvalue weighted by atomic mass is 10.2. The smallest absolute Gasteiger partial charge is 0.282 e. The summed E-state index contributed by atoms with van der Waals surface area (Å²) in [6, 6.07) is 12.4. The number of halogens is 1. The Hall–Kier alpha value is -2.25. The van der Waals surface area contributed by atoms with Crippen LogP contribution in [0.4, 0.5) is 4.39 Å². The highest BCUT2D eigenvalue weighted by Crippen LogP contribution is 2.28. The van der Waals surface area contributed by atoms with Gasteiger partial charge in [0.2, 0.25) is 5.01 Å². The predicted molar refractivity (Wildman–Crippen MR) is 103 cm³/mol. The number of carbonyl (C=O) groups is 1. The van der Waals surface area contributed by atoms with E-state index in [2.05, 4.69) is 47.6 Å². The molecule has 3 rings (SSSR count). The van der Waals surface area contributed by atoms with E-state index in [0.29, 0.717) is 17.3 Å². The molecule has 7 heteroatoms. The van der Waals surface area contributed by atoms with Crippen LogP contribution in [0.3, 0.4) is 0 Å². The highest BCUT2D eigenvalue weighted by atomic mass is 32.2. The van der Waals surface area contributed by atoms with Crippen molar-refractivity contribution in [2.45, 2.75) is 31.0 Å². The Kier molecular flexibility index (Phi) is 6.00. The van der Waals surface area contributed by atoms with Crippen molar-refractivity contribution in [1.82, 2.24) is 15.5 Å². The average molecular weight is 388 g/mol. The monoisotopic (exact) mass is 387 g/mol. The van der Waals surface area contributed by atoms with E-state index in [1.54, 1.807) is 23.9 Å². The Balaban J connectivity index is 1.55. The normalized spacial score (nSPS) is 10.7. The van der Waals surface area contributed by atoms with Crippen LogP contribution in [-0.4, -0.2) is 16.1 Å². The highest BCUT2D eigenvalue weighted by Gasteiger charge is 2.13. The Morgan fingerprint density at radius 2 is 1.92 bits per heavy atom. The van der Waals surface area contributed by atoms with Crippen molar-refractivity contribution in [1.29, 1.82) is 0 Å². The molecule has 0 unspecified atom stereocenters. The molecule has 1 N–H and O–H groups in total. The molecular weight excluding hydrogens is 369 g/mol. The van der Waals surface area contributed by atoms with E-state index in [4.69, 9.17) is 0 Å². The maximum absolute atomic E-state index is 12.9. The molecule has 0 bridgehead atoms. The molecule has 0 fully saturated rings. The van der Waals surface area contributed by atoms with E-state index in [9.17, 15) is 9.18 Å². The zero-order chi connectivity index (χ0) is 18.5. The number of aryl methyl sites for hydroxylation is 2. The van der Waals surface area contributed by atoms with Gasteiger partial charge < -0.3 is 5.32 Å². The van der Waals surface area contributed by atoms with Crippen LogP contribution in [-0.2, 0) is 12.3 Å². The number of carbonyl (C=O) groups excluding carboxylic acids is 1. The van der Waals surface area contributed by atoms with Crippen molar-refractivity contribution in [3.8, 4) is 0 Å². The van der Waals surface area contributed by atoms with Gasteiger partial charge in [-0.25, -0.2) is 4.39 Å². The largest absolute Gasteiger partial charge is 0.346 e. The number of rotatable bonds is 6. The SMILES string of the molecule is Cc1ccc(C)c(SCc2nnc(C(=O)NCc3ccc(F)cc3)s2)c1. The molecular formula is C19H18FN3OS2. The van der Waals surface area contributed by atoms with Crippen LogP contribution >= 0.6 is 23.1 Å². The first-order valence-corrected chi connectivity index (χ1v) is 9.86. The van der Waals surface area contributed by atoms with Gasteiger partial charge in [-0.1, -0.05) is 41.2 Å². The minimum atomic E-state index is -0.296. The number of hydrogen-bond donors (Lipinski definition) is 1. The summed E-state index contributed by atoms with van der Waals surface area (Å²) in [5, 5.41) is 12.0. The number of amides is 1. The zero-order valence-corrected chi connectivity index (χ0v) is 16.1. The van der Waals surface area contributed by atoms with Gasteiger partial charge in [0.25, 0.3) is 5.91 Å². The molecule has 0 aliphatic rings. The lowest BCUT2D eigenvalue weighted by Crippen LogP contribution is -2.22. The van der Waals surface area contributed by atoms with Crippen LogP contribution in [0.25, 0.3) is 0 Å². The quantitative estimate of drug-likeness (QED) is 0.632. The standard InChI is InChI=1S/C19H18FN3OS2/c1-12-3-4-13(2)16(9-12)25-11-17-22-23-19(26-17)18(24)21-10-14-5-7-15(20)8-6-14/h3-9H,10-11H2,1-2H3,(H,21,24). The summed E-state index contributed by atoms with van der Waals surface area (Å²) in [7, 11) is 0. The molecule has 0 spiro atoms. The van der Waals surface area contributed by atoms with Crippen LogP contribution in [0, 0.1) is 19.7 Å². The molecule has 3 aromatic rings. The molecule has 0 saturated carbocycles. The van der Waals surface area contributed by atoms with Crippen LogP contribution in [0.15, 0.2) is 47.4 Å². The molecule has 26 heavy (non-hydrogen) atoms. The number of nitrogens with one attached hydrogen (secondary N) is 1. The molecule has 4 nitrogen and oxygen atoms in total. The summed E-state index contributed by atoms with van der Waals surface area (Å²) in [5.41, 5.74) is 3.27. The van der Waals surface area contributed by atoms with Gasteiger partial charge in [-0.3, -0.25) is 4.79 Å². The number of thioether (sulfide) groups is 1. The van der Waals surface area contributed by atoms with E-state index in [1.165, 1.54) is 39.5 Å². The number of aromatic nitrogens is 2. The van der Waals surface area contributed by atoms with E-state index < -0.39 is 0 Å². The highest BCUT2D eigenvalue weighted by molar-refractivity contribution is 7.98. The number of nitrogens with zero attached hydrogens (tertiary/aromatic N) is 2. The third kappa shape index (κ3) is 4.89. The second-order valence-corrected chi connectivity index (χ2v) is 7.95. The van der Waals surface area contributed by atoms with Gasteiger partial charge in [-0.15, -0.1) is 22.0 Å². The minimum absolute atomic E-state index is 0.269. The Morgan fingerprint density at radius 1 is 1.15 bits per heavy atom. The molecule has 0 aliphatic heterocycles. The van der Waals surface area contributed by atoms with E-state index in [-0.39, 0.29) is 11.7 Å². The molecule has 0 aliphatic carbocycles. The topological polar surface area (TPSA) is 54.9 Å². The molecule has 1 aromatic heterocycles. The molecule has 0 saturated heterocycles. The van der Waals surface area contributed by atoms with Crippen molar-refractivity contribution >= 4 is 29.0 Å². The van der Waals surface area contributed by atoms with Gasteiger partial charge >= 0.3 is 0 Å². The number of hydrogen-bond acceptors (Lipinski definition) is 5. The fourth-order valence-corrected chi connectivity index (χ4v) is 4.13. The first kappa shape index (κ1) is 18.5. The van der Waals surface area contributed by atoms with E-state index in [0.717, 1.165) is 10.6 Å². The Morgan fingerprint density at radius 3 is 2.69 bits per heavy atom. The lowest BCUT2D eigenvalue weighted by Gasteiger charge is -2.05. The van der Waals surface area contributed by atoms with Gasteiger partial charge in [-0.05, 0) is 43.2 Å². The van der Waals surface area contributed by atoms with E-state index >= 15 is 0 Å². The summed E-state index contributed by atoms with van der Waals surface area (Å²) < 4.78 is 12.9.